The number of allylic oxidation sites excluding steroid dienone is 20. The van der Waals surface area contributed by atoms with Crippen molar-refractivity contribution in [3.8, 4) is 0 Å². The Bertz CT molecular complexity index is 1700. The predicted octanol–water partition coefficient (Wildman–Crippen LogP) is 24.3. The highest BCUT2D eigenvalue weighted by molar-refractivity contribution is 5.71. The Labute approximate surface area is 513 Å². The molecule has 0 N–H and O–H groups in total. The average Bonchev–Trinajstić information content (AvgIpc) is 3.49. The summed E-state index contributed by atoms with van der Waals surface area (Å²) in [6.07, 6.45) is 98.1. The molecule has 0 aromatic rings. The Morgan fingerprint density at radius 2 is 0.494 bits per heavy atom. The standard InChI is InChI=1S/C77H130O6/c1-4-7-10-13-16-19-22-25-27-29-31-33-35-36-37-38-39-40-42-43-45-47-49-52-55-58-61-64-67-70-76(79)82-73-74(72-81-75(78)69-66-63-60-57-54-51-24-21-18-15-12-9-6-3)83-77(80)71-68-65-62-59-56-53-50-48-46-44-41-34-32-30-28-26-23-20-17-14-11-8-5-2/h9,12,18,21-23,25-26,29-32,35-36,41,44,51,54,60,63,74H,4-8,10-11,13-17,19-20,24,27-28,33-34,37-40,42-43,45-50,52-53,55-59,61-62,64-73H2,1-3H3/b12-9-,21-18-,25-22-,26-23-,31-29-,32-30-,36-35-,44-41-,54-51-,63-60-. The molecule has 0 saturated carbocycles. The van der Waals surface area contributed by atoms with E-state index in [-0.39, 0.29) is 37.5 Å². The van der Waals surface area contributed by atoms with E-state index in [0.29, 0.717) is 19.3 Å². The average molecular weight is 1150 g/mol. The van der Waals surface area contributed by atoms with Crippen molar-refractivity contribution in [2.45, 2.75) is 335 Å². The van der Waals surface area contributed by atoms with Gasteiger partial charge in [0.05, 0.1) is 0 Å². The topological polar surface area (TPSA) is 78.9 Å². The summed E-state index contributed by atoms with van der Waals surface area (Å²) in [6.45, 7) is 6.46. The molecule has 474 valence electrons. The summed E-state index contributed by atoms with van der Waals surface area (Å²) in [5.74, 6) is -0.990. The Kier molecular flexibility index (Phi) is 66.7. The van der Waals surface area contributed by atoms with Gasteiger partial charge in [-0.05, 0) is 122 Å². The van der Waals surface area contributed by atoms with Gasteiger partial charge in [0.25, 0.3) is 0 Å². The zero-order valence-electron chi connectivity index (χ0n) is 54.4. The lowest BCUT2D eigenvalue weighted by Gasteiger charge is -2.18. The van der Waals surface area contributed by atoms with Crippen LogP contribution >= 0.6 is 0 Å². The molecular formula is C77H130O6. The lowest BCUT2D eigenvalue weighted by Crippen LogP contribution is -2.30. The molecule has 1 unspecified atom stereocenters. The molecule has 83 heavy (non-hydrogen) atoms. The van der Waals surface area contributed by atoms with Crippen LogP contribution < -0.4 is 0 Å². The van der Waals surface area contributed by atoms with E-state index in [2.05, 4.69) is 136 Å². The maximum Gasteiger partial charge on any atom is 0.306 e. The molecule has 6 heteroatoms. The van der Waals surface area contributed by atoms with Gasteiger partial charge in [0.15, 0.2) is 6.10 Å². The number of unbranched alkanes of at least 4 members (excludes halogenated alkanes) is 32. The van der Waals surface area contributed by atoms with E-state index in [9.17, 15) is 14.4 Å². The fourth-order valence-electron chi connectivity index (χ4n) is 9.71. The van der Waals surface area contributed by atoms with E-state index in [1.807, 2.05) is 6.08 Å². The molecule has 6 nitrogen and oxygen atoms in total. The molecule has 0 aromatic carbocycles. The number of esters is 3. The minimum atomic E-state index is -0.816. The van der Waals surface area contributed by atoms with Crippen LogP contribution in [0.1, 0.15) is 329 Å². The van der Waals surface area contributed by atoms with Gasteiger partial charge in [-0.1, -0.05) is 309 Å². The molecule has 0 rings (SSSR count). The zero-order chi connectivity index (χ0) is 59.9. The summed E-state index contributed by atoms with van der Waals surface area (Å²) in [7, 11) is 0. The molecule has 0 fully saturated rings. The summed E-state index contributed by atoms with van der Waals surface area (Å²) < 4.78 is 16.9. The molecule has 0 aliphatic rings. The van der Waals surface area contributed by atoms with Gasteiger partial charge in [-0.25, -0.2) is 0 Å². The van der Waals surface area contributed by atoms with Crippen LogP contribution in [0.15, 0.2) is 122 Å². The first-order valence-electron chi connectivity index (χ1n) is 35.0. The molecule has 0 aliphatic carbocycles. The van der Waals surface area contributed by atoms with Gasteiger partial charge in [0, 0.05) is 19.3 Å². The van der Waals surface area contributed by atoms with E-state index in [1.54, 1.807) is 0 Å². The molecule has 0 aliphatic heterocycles. The van der Waals surface area contributed by atoms with Crippen LogP contribution in [0, 0.1) is 0 Å². The summed E-state index contributed by atoms with van der Waals surface area (Å²) in [5, 5.41) is 0. The van der Waals surface area contributed by atoms with Crippen LogP contribution in [-0.4, -0.2) is 37.2 Å². The minimum Gasteiger partial charge on any atom is -0.462 e. The summed E-state index contributed by atoms with van der Waals surface area (Å²) in [6, 6.07) is 0. The van der Waals surface area contributed by atoms with E-state index >= 15 is 0 Å². The first kappa shape index (κ1) is 78.8. The van der Waals surface area contributed by atoms with Gasteiger partial charge >= 0.3 is 17.9 Å². The van der Waals surface area contributed by atoms with E-state index in [1.165, 1.54) is 186 Å². The van der Waals surface area contributed by atoms with Gasteiger partial charge in [-0.15, -0.1) is 0 Å². The number of hydrogen-bond acceptors (Lipinski definition) is 6. The van der Waals surface area contributed by atoms with Gasteiger partial charge in [0.1, 0.15) is 13.2 Å². The smallest absolute Gasteiger partial charge is 0.306 e. The second-order valence-electron chi connectivity index (χ2n) is 23.1. The second kappa shape index (κ2) is 70.3. The molecule has 0 bridgehead atoms. The fourth-order valence-corrected chi connectivity index (χ4v) is 9.71. The maximum atomic E-state index is 12.9. The first-order chi connectivity index (χ1) is 41.0. The van der Waals surface area contributed by atoms with E-state index in [0.717, 1.165) is 96.3 Å². The molecule has 0 aromatic heterocycles. The maximum absolute atomic E-state index is 12.9. The van der Waals surface area contributed by atoms with Gasteiger partial charge in [0.2, 0.25) is 0 Å². The first-order valence-corrected chi connectivity index (χ1v) is 35.0. The van der Waals surface area contributed by atoms with Crippen molar-refractivity contribution in [3.63, 3.8) is 0 Å². The van der Waals surface area contributed by atoms with Crippen molar-refractivity contribution in [1.29, 1.82) is 0 Å². The third kappa shape index (κ3) is 68.5. The Morgan fingerprint density at radius 3 is 0.807 bits per heavy atom. The van der Waals surface area contributed by atoms with E-state index in [4.69, 9.17) is 14.2 Å². The third-order valence-electron chi connectivity index (χ3n) is 14.9. The highest BCUT2D eigenvalue weighted by Crippen LogP contribution is 2.16. The van der Waals surface area contributed by atoms with Crippen molar-refractivity contribution in [1.82, 2.24) is 0 Å². The molecule has 0 amide bonds. The van der Waals surface area contributed by atoms with Crippen LogP contribution in [0.5, 0.6) is 0 Å². The van der Waals surface area contributed by atoms with Gasteiger partial charge < -0.3 is 14.2 Å². The lowest BCUT2D eigenvalue weighted by molar-refractivity contribution is -0.166. The number of carbonyl (C=O) groups excluding carboxylic acids is 3. The van der Waals surface area contributed by atoms with E-state index < -0.39 is 6.10 Å². The summed E-state index contributed by atoms with van der Waals surface area (Å²) in [4.78, 5) is 38.4. The SMILES string of the molecule is CC/C=C\C/C=C\C/C=C\C/C=C\CCC(=O)OCC(COC(=O)CCCCCCCCCCCCCCCC/C=C\C/C=C\C/C=C\CCCCCCC)OC(=O)CCCCCCCCCC/C=C\C/C=C\C/C=C\CCCCCCC. The molecular weight excluding hydrogens is 1020 g/mol. The second-order valence-corrected chi connectivity index (χ2v) is 23.1. The lowest BCUT2D eigenvalue weighted by atomic mass is 10.0. The van der Waals surface area contributed by atoms with Crippen molar-refractivity contribution in [2.75, 3.05) is 13.2 Å². The summed E-state index contributed by atoms with van der Waals surface area (Å²) in [5.41, 5.74) is 0. The Morgan fingerprint density at radius 1 is 0.253 bits per heavy atom. The fraction of sp³-hybridized carbons (Fsp3) is 0.701. The number of carbonyl (C=O) groups is 3. The van der Waals surface area contributed by atoms with Gasteiger partial charge in [-0.3, -0.25) is 14.4 Å². The molecule has 1 atom stereocenters. The third-order valence-corrected chi connectivity index (χ3v) is 14.9. The number of rotatable bonds is 63. The van der Waals surface area contributed by atoms with Gasteiger partial charge in [-0.2, -0.15) is 0 Å². The van der Waals surface area contributed by atoms with Crippen LogP contribution in [0.25, 0.3) is 0 Å². The van der Waals surface area contributed by atoms with Crippen molar-refractivity contribution in [3.05, 3.63) is 122 Å². The van der Waals surface area contributed by atoms with Crippen molar-refractivity contribution >= 4 is 17.9 Å². The summed E-state index contributed by atoms with van der Waals surface area (Å²) >= 11 is 0. The molecule has 0 spiro atoms. The largest absolute Gasteiger partial charge is 0.462 e. The Hall–Kier alpha value is -4.19. The normalized spacial score (nSPS) is 12.9. The van der Waals surface area contributed by atoms with Crippen LogP contribution in [0.3, 0.4) is 0 Å². The molecule has 0 heterocycles. The highest BCUT2D eigenvalue weighted by atomic mass is 16.6. The van der Waals surface area contributed by atoms with Crippen molar-refractivity contribution < 1.29 is 28.6 Å². The number of hydrogen-bond donors (Lipinski definition) is 0. The quantitative estimate of drug-likeness (QED) is 0.0261. The van der Waals surface area contributed by atoms with Crippen molar-refractivity contribution in [2.24, 2.45) is 0 Å². The highest BCUT2D eigenvalue weighted by Gasteiger charge is 2.19. The molecule has 0 saturated heterocycles. The molecule has 0 radical (unpaired) electrons. The minimum absolute atomic E-state index is 0.104. The van der Waals surface area contributed by atoms with Crippen LogP contribution in [0.2, 0.25) is 0 Å². The predicted molar refractivity (Wildman–Crippen MR) is 362 cm³/mol. The Balaban J connectivity index is 4.32. The van der Waals surface area contributed by atoms with Crippen LogP contribution in [-0.2, 0) is 28.6 Å². The monoisotopic (exact) mass is 1150 g/mol. The van der Waals surface area contributed by atoms with Crippen LogP contribution in [0.4, 0.5) is 0 Å². The number of ether oxygens (including phenoxy) is 3. The zero-order valence-corrected chi connectivity index (χ0v) is 54.4.